The van der Waals surface area contributed by atoms with Crippen molar-refractivity contribution in [3.05, 3.63) is 29.6 Å². The van der Waals surface area contributed by atoms with Crippen molar-refractivity contribution in [3.63, 3.8) is 0 Å². The molecule has 1 aromatic rings. The summed E-state index contributed by atoms with van der Waals surface area (Å²) in [7, 11) is 0. The molecule has 1 N–H and O–H groups in total. The molecular weight excluding hydrogens is 225 g/mol. The minimum atomic E-state index is -1.51. The molecule has 0 saturated heterocycles. The molecule has 1 aliphatic rings. The maximum atomic E-state index is 13.3. The average molecular weight is 239 g/mol. The molecule has 0 aromatic heterocycles. The number of amides is 1. The maximum Gasteiger partial charge on any atom is 0.289 e. The van der Waals surface area contributed by atoms with E-state index in [4.69, 9.17) is 9.47 Å². The summed E-state index contributed by atoms with van der Waals surface area (Å²) in [5.41, 5.74) is 0.921. The van der Waals surface area contributed by atoms with Crippen LogP contribution in [-0.2, 0) is 20.1 Å². The Bertz CT molecular complexity index is 441. The minimum Gasteiger partial charge on any atom is -0.339 e. The van der Waals surface area contributed by atoms with Gasteiger partial charge in [0.2, 0.25) is 0 Å². The highest BCUT2D eigenvalue weighted by Crippen LogP contribution is 2.40. The molecule has 0 unspecified atom stereocenters. The number of hydrogen-bond donors (Lipinski definition) is 1. The van der Waals surface area contributed by atoms with Gasteiger partial charge in [-0.25, -0.2) is 4.39 Å². The fourth-order valence-corrected chi connectivity index (χ4v) is 1.96. The molecule has 0 bridgehead atoms. The zero-order valence-corrected chi connectivity index (χ0v) is 9.75. The van der Waals surface area contributed by atoms with Crippen molar-refractivity contribution in [1.29, 1.82) is 0 Å². The maximum absolute atomic E-state index is 13.3. The quantitative estimate of drug-likeness (QED) is 0.817. The second-order valence-corrected chi connectivity index (χ2v) is 3.63. The number of carbonyl (C=O) groups is 1. The summed E-state index contributed by atoms with van der Waals surface area (Å²) in [6, 6.07) is 4.05. The molecule has 0 radical (unpaired) electrons. The van der Waals surface area contributed by atoms with E-state index in [9.17, 15) is 9.18 Å². The Balaban J connectivity index is 2.52. The zero-order chi connectivity index (χ0) is 12.5. The Morgan fingerprint density at radius 2 is 1.94 bits per heavy atom. The molecule has 1 aliphatic heterocycles. The molecule has 4 nitrogen and oxygen atoms in total. The number of hydrogen-bond acceptors (Lipinski definition) is 3. The molecule has 2 rings (SSSR count). The van der Waals surface area contributed by atoms with Gasteiger partial charge in [-0.2, -0.15) is 0 Å². The van der Waals surface area contributed by atoms with Gasteiger partial charge in [0.15, 0.2) is 0 Å². The number of rotatable bonds is 4. The fourth-order valence-electron chi connectivity index (χ4n) is 1.96. The van der Waals surface area contributed by atoms with E-state index in [1.165, 1.54) is 18.2 Å². The lowest BCUT2D eigenvalue weighted by molar-refractivity contribution is -0.227. The Morgan fingerprint density at radius 3 is 2.53 bits per heavy atom. The van der Waals surface area contributed by atoms with Crippen LogP contribution in [0.25, 0.3) is 0 Å². The monoisotopic (exact) mass is 239 g/mol. The summed E-state index contributed by atoms with van der Waals surface area (Å²) < 4.78 is 24.1. The van der Waals surface area contributed by atoms with Crippen molar-refractivity contribution in [1.82, 2.24) is 0 Å². The van der Waals surface area contributed by atoms with Crippen LogP contribution in [0.3, 0.4) is 0 Å². The van der Waals surface area contributed by atoms with Crippen LogP contribution in [0, 0.1) is 5.82 Å². The van der Waals surface area contributed by atoms with Crippen molar-refractivity contribution >= 4 is 11.6 Å². The molecule has 17 heavy (non-hydrogen) atoms. The van der Waals surface area contributed by atoms with Crippen LogP contribution in [0.5, 0.6) is 0 Å². The molecule has 1 heterocycles. The lowest BCUT2D eigenvalue weighted by Gasteiger charge is -2.26. The van der Waals surface area contributed by atoms with E-state index in [0.717, 1.165) is 0 Å². The van der Waals surface area contributed by atoms with E-state index >= 15 is 0 Å². The third kappa shape index (κ3) is 1.81. The standard InChI is InChI=1S/C12H14FNO3/c1-3-16-12(17-4-2)9-7-8(13)5-6-10(9)14-11(12)15/h5-7H,3-4H2,1-2H3,(H,14,15). The first-order valence-electron chi connectivity index (χ1n) is 5.53. The largest absolute Gasteiger partial charge is 0.339 e. The lowest BCUT2D eigenvalue weighted by atomic mass is 10.1. The van der Waals surface area contributed by atoms with Crippen molar-refractivity contribution in [2.75, 3.05) is 18.5 Å². The molecule has 0 atom stereocenters. The van der Waals surface area contributed by atoms with Crippen molar-refractivity contribution < 1.29 is 18.7 Å². The van der Waals surface area contributed by atoms with Crippen molar-refractivity contribution in [2.45, 2.75) is 19.6 Å². The number of anilines is 1. The first-order valence-corrected chi connectivity index (χ1v) is 5.53. The number of carbonyl (C=O) groups excluding carboxylic acids is 1. The van der Waals surface area contributed by atoms with E-state index in [1.807, 2.05) is 0 Å². The van der Waals surface area contributed by atoms with Crippen LogP contribution in [0.2, 0.25) is 0 Å². The van der Waals surface area contributed by atoms with Gasteiger partial charge in [-0.05, 0) is 32.0 Å². The van der Waals surface area contributed by atoms with Gasteiger partial charge in [-0.1, -0.05) is 0 Å². The molecule has 1 aromatic carbocycles. The third-order valence-electron chi connectivity index (χ3n) is 2.58. The van der Waals surface area contributed by atoms with Crippen LogP contribution < -0.4 is 5.32 Å². The smallest absolute Gasteiger partial charge is 0.289 e. The van der Waals surface area contributed by atoms with Gasteiger partial charge in [0.25, 0.3) is 11.7 Å². The summed E-state index contributed by atoms with van der Waals surface area (Å²) in [6.07, 6.45) is 0. The van der Waals surface area contributed by atoms with E-state index in [2.05, 4.69) is 5.32 Å². The minimum absolute atomic E-state index is 0.295. The Hall–Kier alpha value is -1.46. The topological polar surface area (TPSA) is 47.6 Å². The molecule has 1 amide bonds. The normalized spacial score (nSPS) is 16.8. The van der Waals surface area contributed by atoms with Gasteiger partial charge in [0, 0.05) is 18.8 Å². The third-order valence-corrected chi connectivity index (χ3v) is 2.58. The summed E-state index contributed by atoms with van der Waals surface area (Å²) >= 11 is 0. The van der Waals surface area contributed by atoms with Gasteiger partial charge in [0.05, 0.1) is 5.69 Å². The van der Waals surface area contributed by atoms with E-state index < -0.39 is 17.5 Å². The van der Waals surface area contributed by atoms with Gasteiger partial charge >= 0.3 is 0 Å². The van der Waals surface area contributed by atoms with Gasteiger partial charge in [0.1, 0.15) is 5.82 Å². The number of nitrogens with one attached hydrogen (secondary N) is 1. The summed E-state index contributed by atoms with van der Waals surface area (Å²) in [5.74, 6) is -2.35. The number of benzene rings is 1. The molecule has 92 valence electrons. The molecule has 5 heteroatoms. The lowest BCUT2D eigenvalue weighted by Crippen LogP contribution is -2.40. The van der Waals surface area contributed by atoms with Gasteiger partial charge < -0.3 is 14.8 Å². The molecule has 0 fully saturated rings. The second-order valence-electron chi connectivity index (χ2n) is 3.63. The van der Waals surface area contributed by atoms with Gasteiger partial charge in [-0.3, -0.25) is 4.79 Å². The molecule has 0 spiro atoms. The van der Waals surface area contributed by atoms with Crippen LogP contribution in [0.1, 0.15) is 19.4 Å². The van der Waals surface area contributed by atoms with Crippen molar-refractivity contribution in [2.24, 2.45) is 0 Å². The number of fused-ring (bicyclic) bond motifs is 1. The van der Waals surface area contributed by atoms with Crippen molar-refractivity contribution in [3.8, 4) is 0 Å². The van der Waals surface area contributed by atoms with E-state index in [-0.39, 0.29) is 0 Å². The second kappa shape index (κ2) is 4.43. The Kier molecular flexibility index (Phi) is 3.13. The van der Waals surface area contributed by atoms with Crippen LogP contribution in [-0.4, -0.2) is 19.1 Å². The number of ether oxygens (including phenoxy) is 2. The molecular formula is C12H14FNO3. The highest BCUT2D eigenvalue weighted by Gasteiger charge is 2.49. The van der Waals surface area contributed by atoms with Crippen LogP contribution >= 0.6 is 0 Å². The zero-order valence-electron chi connectivity index (χ0n) is 9.75. The predicted molar refractivity (Wildman–Crippen MR) is 60.0 cm³/mol. The predicted octanol–water partition coefficient (Wildman–Crippen LogP) is 2.00. The van der Waals surface area contributed by atoms with E-state index in [0.29, 0.717) is 24.5 Å². The van der Waals surface area contributed by atoms with Crippen LogP contribution in [0.15, 0.2) is 18.2 Å². The van der Waals surface area contributed by atoms with Crippen LogP contribution in [0.4, 0.5) is 10.1 Å². The first-order chi connectivity index (χ1) is 8.14. The Labute approximate surface area is 98.7 Å². The fraction of sp³-hybridized carbons (Fsp3) is 0.417. The average Bonchev–Trinajstić information content (AvgIpc) is 2.54. The summed E-state index contributed by atoms with van der Waals surface area (Å²) in [6.45, 7) is 4.10. The Morgan fingerprint density at radius 1 is 1.29 bits per heavy atom. The van der Waals surface area contributed by atoms with Gasteiger partial charge in [-0.15, -0.1) is 0 Å². The van der Waals surface area contributed by atoms with E-state index in [1.54, 1.807) is 13.8 Å². The summed E-state index contributed by atoms with van der Waals surface area (Å²) in [5, 5.41) is 2.63. The molecule has 0 aliphatic carbocycles. The summed E-state index contributed by atoms with van der Waals surface area (Å²) in [4.78, 5) is 12.0. The highest BCUT2D eigenvalue weighted by atomic mass is 19.1. The number of halogens is 1. The highest BCUT2D eigenvalue weighted by molar-refractivity contribution is 6.04. The first kappa shape index (κ1) is 12.0. The SMILES string of the molecule is CCOC1(OCC)C(=O)Nc2ccc(F)cc21. The molecule has 0 saturated carbocycles.